The van der Waals surface area contributed by atoms with Gasteiger partial charge in [0.2, 0.25) is 10.0 Å². The van der Waals surface area contributed by atoms with Gasteiger partial charge in [0, 0.05) is 26.2 Å². The second kappa shape index (κ2) is 6.82. The van der Waals surface area contributed by atoms with Crippen molar-refractivity contribution in [3.05, 3.63) is 29.3 Å². The van der Waals surface area contributed by atoms with E-state index in [1.165, 1.54) is 9.87 Å². The highest BCUT2D eigenvalue weighted by Gasteiger charge is 2.33. The monoisotopic (exact) mass is 352 g/mol. The topological polar surface area (TPSA) is 77.9 Å². The summed E-state index contributed by atoms with van der Waals surface area (Å²) in [4.78, 5) is 13.5. The second-order valence-corrected chi connectivity index (χ2v) is 8.42. The third-order valence-corrected chi connectivity index (χ3v) is 6.99. The average molecular weight is 352 g/mol. The Bertz CT molecular complexity index is 724. The van der Waals surface area contributed by atoms with Crippen molar-refractivity contribution < 1.29 is 18.3 Å². The van der Waals surface area contributed by atoms with E-state index in [1.807, 2.05) is 24.0 Å². The molecule has 2 aliphatic rings. The van der Waals surface area contributed by atoms with Gasteiger partial charge in [0.15, 0.2) is 0 Å². The summed E-state index contributed by atoms with van der Waals surface area (Å²) >= 11 is 0. The van der Waals surface area contributed by atoms with Crippen LogP contribution in [0.1, 0.15) is 30.9 Å². The molecule has 0 saturated carbocycles. The van der Waals surface area contributed by atoms with Crippen LogP contribution >= 0.6 is 0 Å². The molecule has 1 N–H and O–H groups in total. The molecule has 1 heterocycles. The van der Waals surface area contributed by atoms with Crippen molar-refractivity contribution in [2.75, 3.05) is 26.2 Å². The molecule has 7 heteroatoms. The molecule has 1 unspecified atom stereocenters. The Kier molecular flexibility index (Phi) is 4.94. The van der Waals surface area contributed by atoms with Gasteiger partial charge in [-0.15, -0.1) is 0 Å². The minimum atomic E-state index is -3.50. The maximum absolute atomic E-state index is 12.9. The molecule has 0 amide bonds. The fraction of sp³-hybridized carbons (Fsp3) is 0.588. The van der Waals surface area contributed by atoms with E-state index < -0.39 is 22.0 Å². The zero-order chi connectivity index (χ0) is 17.3. The molecule has 0 bridgehead atoms. The third kappa shape index (κ3) is 3.20. The van der Waals surface area contributed by atoms with E-state index in [1.54, 1.807) is 6.07 Å². The summed E-state index contributed by atoms with van der Waals surface area (Å²) < 4.78 is 27.2. The Morgan fingerprint density at radius 1 is 1.17 bits per heavy atom. The molecule has 132 valence electrons. The van der Waals surface area contributed by atoms with Gasteiger partial charge in [-0.05, 0) is 48.9 Å². The van der Waals surface area contributed by atoms with Gasteiger partial charge in [0.1, 0.15) is 6.04 Å². The summed E-state index contributed by atoms with van der Waals surface area (Å²) in [7, 11) is -3.50. The summed E-state index contributed by atoms with van der Waals surface area (Å²) in [6, 6.07) is 4.92. The predicted octanol–water partition coefficient (Wildman–Crippen LogP) is 1.34. The Hall–Kier alpha value is -1.44. The van der Waals surface area contributed by atoms with Crippen LogP contribution in [-0.2, 0) is 27.7 Å². The molecule has 1 atom stereocenters. The Morgan fingerprint density at radius 2 is 1.83 bits per heavy atom. The molecular formula is C17H24N2O4S. The number of nitrogens with zero attached hydrogens (tertiary/aromatic N) is 2. The maximum Gasteiger partial charge on any atom is 0.320 e. The number of rotatable bonds is 5. The SMILES string of the molecule is CCC(C(=O)O)N1CCN(S(=O)(=O)c2ccc3c(c2)CCC3)CC1. The van der Waals surface area contributed by atoms with Crippen LogP contribution < -0.4 is 0 Å². The van der Waals surface area contributed by atoms with Gasteiger partial charge in [0.05, 0.1) is 4.90 Å². The normalized spacial score (nSPS) is 20.7. The molecule has 24 heavy (non-hydrogen) atoms. The number of hydrogen-bond donors (Lipinski definition) is 1. The van der Waals surface area contributed by atoms with Crippen LogP contribution in [0.15, 0.2) is 23.1 Å². The average Bonchev–Trinajstić information content (AvgIpc) is 3.03. The number of piperazine rings is 1. The predicted molar refractivity (Wildman–Crippen MR) is 90.5 cm³/mol. The minimum absolute atomic E-state index is 0.337. The fourth-order valence-electron chi connectivity index (χ4n) is 3.70. The van der Waals surface area contributed by atoms with Crippen LogP contribution in [0.2, 0.25) is 0 Å². The van der Waals surface area contributed by atoms with Crippen LogP contribution in [0.4, 0.5) is 0 Å². The number of sulfonamides is 1. The van der Waals surface area contributed by atoms with E-state index >= 15 is 0 Å². The number of hydrogen-bond acceptors (Lipinski definition) is 4. The number of carboxylic acids is 1. The molecule has 1 aliphatic heterocycles. The van der Waals surface area contributed by atoms with Gasteiger partial charge in [0.25, 0.3) is 0 Å². The van der Waals surface area contributed by atoms with E-state index in [2.05, 4.69) is 0 Å². The fourth-order valence-corrected chi connectivity index (χ4v) is 5.18. The van der Waals surface area contributed by atoms with Crippen LogP contribution in [0.5, 0.6) is 0 Å². The number of carboxylic acid groups (broad SMARTS) is 1. The van der Waals surface area contributed by atoms with Gasteiger partial charge >= 0.3 is 5.97 Å². The van der Waals surface area contributed by atoms with E-state index in [9.17, 15) is 18.3 Å². The van der Waals surface area contributed by atoms with Gasteiger partial charge in [-0.25, -0.2) is 8.42 Å². The van der Waals surface area contributed by atoms with Crippen molar-refractivity contribution in [3.8, 4) is 0 Å². The third-order valence-electron chi connectivity index (χ3n) is 5.09. The summed E-state index contributed by atoms with van der Waals surface area (Å²) in [5.74, 6) is -0.840. The van der Waals surface area contributed by atoms with Crippen LogP contribution in [0.3, 0.4) is 0 Å². The lowest BCUT2D eigenvalue weighted by Gasteiger charge is -2.36. The van der Waals surface area contributed by atoms with Gasteiger partial charge in [-0.3, -0.25) is 9.69 Å². The van der Waals surface area contributed by atoms with E-state index in [0.29, 0.717) is 37.5 Å². The Morgan fingerprint density at radius 3 is 2.46 bits per heavy atom. The van der Waals surface area contributed by atoms with E-state index in [-0.39, 0.29) is 0 Å². The lowest BCUT2D eigenvalue weighted by atomic mass is 10.1. The molecule has 1 aromatic rings. The molecular weight excluding hydrogens is 328 g/mol. The first-order chi connectivity index (χ1) is 11.4. The van der Waals surface area contributed by atoms with Gasteiger partial charge in [-0.1, -0.05) is 13.0 Å². The van der Waals surface area contributed by atoms with Gasteiger partial charge in [-0.2, -0.15) is 4.31 Å². The lowest BCUT2D eigenvalue weighted by molar-refractivity contribution is -0.143. The number of aryl methyl sites for hydroxylation is 2. The Labute approximate surface area is 143 Å². The standard InChI is InChI=1S/C17H24N2O4S/c1-2-16(17(20)21)18-8-10-19(11-9-18)24(22,23)15-7-6-13-4-3-5-14(13)12-15/h6-7,12,16H,2-5,8-11H2,1H3,(H,20,21). The molecule has 3 rings (SSSR count). The number of carbonyl (C=O) groups is 1. The molecule has 1 saturated heterocycles. The zero-order valence-corrected chi connectivity index (χ0v) is 14.8. The largest absolute Gasteiger partial charge is 0.480 e. The highest BCUT2D eigenvalue weighted by molar-refractivity contribution is 7.89. The van der Waals surface area contributed by atoms with Crippen LogP contribution in [0.25, 0.3) is 0 Å². The number of aliphatic carboxylic acids is 1. The summed E-state index contributed by atoms with van der Waals surface area (Å²) in [5.41, 5.74) is 2.40. The van der Waals surface area contributed by atoms with Crippen molar-refractivity contribution in [1.29, 1.82) is 0 Å². The van der Waals surface area contributed by atoms with Crippen molar-refractivity contribution in [2.24, 2.45) is 0 Å². The maximum atomic E-state index is 12.9. The molecule has 0 spiro atoms. The van der Waals surface area contributed by atoms with Crippen LogP contribution in [0, 0.1) is 0 Å². The first kappa shape index (κ1) is 17.4. The van der Waals surface area contributed by atoms with E-state index in [0.717, 1.165) is 24.8 Å². The summed E-state index contributed by atoms with van der Waals surface area (Å²) in [5, 5.41) is 9.25. The molecule has 1 aliphatic carbocycles. The number of benzene rings is 1. The first-order valence-electron chi connectivity index (χ1n) is 8.52. The molecule has 1 fully saturated rings. The minimum Gasteiger partial charge on any atom is -0.480 e. The lowest BCUT2D eigenvalue weighted by Crippen LogP contribution is -2.53. The van der Waals surface area contributed by atoms with Gasteiger partial charge < -0.3 is 5.11 Å². The first-order valence-corrected chi connectivity index (χ1v) is 9.96. The molecule has 0 aromatic heterocycles. The van der Waals surface area contributed by atoms with Crippen molar-refractivity contribution in [3.63, 3.8) is 0 Å². The molecule has 6 nitrogen and oxygen atoms in total. The van der Waals surface area contributed by atoms with E-state index in [4.69, 9.17) is 0 Å². The molecule has 1 aromatic carbocycles. The highest BCUT2D eigenvalue weighted by Crippen LogP contribution is 2.27. The number of fused-ring (bicyclic) bond motifs is 1. The van der Waals surface area contributed by atoms with Crippen molar-refractivity contribution >= 4 is 16.0 Å². The summed E-state index contributed by atoms with van der Waals surface area (Å²) in [6.45, 7) is 3.42. The highest BCUT2D eigenvalue weighted by atomic mass is 32.2. The zero-order valence-electron chi connectivity index (χ0n) is 13.9. The quantitative estimate of drug-likeness (QED) is 0.865. The smallest absolute Gasteiger partial charge is 0.320 e. The van der Waals surface area contributed by atoms with Crippen molar-refractivity contribution in [1.82, 2.24) is 9.21 Å². The summed E-state index contributed by atoms with van der Waals surface area (Å²) in [6.07, 6.45) is 3.59. The Balaban J connectivity index is 1.72. The van der Waals surface area contributed by atoms with Crippen molar-refractivity contribution in [2.45, 2.75) is 43.5 Å². The molecule has 0 radical (unpaired) electrons. The second-order valence-electron chi connectivity index (χ2n) is 6.49. The van der Waals surface area contributed by atoms with Crippen LogP contribution in [-0.4, -0.2) is 60.9 Å².